The van der Waals surface area contributed by atoms with Crippen molar-refractivity contribution in [3.8, 4) is 0 Å². The fourth-order valence-corrected chi connectivity index (χ4v) is 2.14. The third-order valence-corrected chi connectivity index (χ3v) is 3.20. The molecule has 0 spiro atoms. The number of carbonyl (C=O) groups is 1. The first-order valence-corrected chi connectivity index (χ1v) is 6.11. The Labute approximate surface area is 101 Å². The van der Waals surface area contributed by atoms with Crippen molar-refractivity contribution in [1.82, 2.24) is 10.3 Å². The van der Waals surface area contributed by atoms with Gasteiger partial charge in [-0.1, -0.05) is 6.07 Å². The van der Waals surface area contributed by atoms with Crippen LogP contribution in [0.3, 0.4) is 0 Å². The summed E-state index contributed by atoms with van der Waals surface area (Å²) in [6.45, 7) is 0.331. The second-order valence-corrected chi connectivity index (χ2v) is 4.52. The zero-order valence-corrected chi connectivity index (χ0v) is 9.80. The molecule has 92 valence electrons. The first-order valence-electron chi connectivity index (χ1n) is 6.11. The number of hydrogen-bond donors (Lipinski definition) is 2. The maximum atomic E-state index is 11.8. The summed E-state index contributed by atoms with van der Waals surface area (Å²) in [4.78, 5) is 15.8. The SMILES string of the molecule is O=C(CNC1CCC(O)CC1)c1ccccn1. The highest BCUT2D eigenvalue weighted by atomic mass is 16.3. The van der Waals surface area contributed by atoms with E-state index < -0.39 is 0 Å². The van der Waals surface area contributed by atoms with Crippen molar-refractivity contribution in [2.24, 2.45) is 0 Å². The minimum absolute atomic E-state index is 0.0247. The number of Topliss-reactive ketones (excluding diaryl/α,β-unsaturated/α-hetero) is 1. The van der Waals surface area contributed by atoms with Crippen LogP contribution in [0.25, 0.3) is 0 Å². The minimum Gasteiger partial charge on any atom is -0.393 e. The van der Waals surface area contributed by atoms with Gasteiger partial charge in [0, 0.05) is 12.2 Å². The molecular weight excluding hydrogens is 216 g/mol. The number of nitrogens with one attached hydrogen (secondary N) is 1. The summed E-state index contributed by atoms with van der Waals surface area (Å²) in [7, 11) is 0. The van der Waals surface area contributed by atoms with E-state index in [-0.39, 0.29) is 11.9 Å². The molecule has 0 bridgehead atoms. The fraction of sp³-hybridized carbons (Fsp3) is 0.538. The van der Waals surface area contributed by atoms with Gasteiger partial charge in [-0.2, -0.15) is 0 Å². The van der Waals surface area contributed by atoms with Crippen LogP contribution < -0.4 is 5.32 Å². The number of aliphatic hydroxyl groups excluding tert-OH is 1. The number of aliphatic hydroxyl groups is 1. The number of pyridine rings is 1. The smallest absolute Gasteiger partial charge is 0.194 e. The molecular formula is C13H18N2O2. The lowest BCUT2D eigenvalue weighted by molar-refractivity contribution is 0.0960. The van der Waals surface area contributed by atoms with Gasteiger partial charge in [-0.05, 0) is 37.8 Å². The molecule has 1 aliphatic carbocycles. The lowest BCUT2D eigenvalue weighted by atomic mass is 9.93. The standard InChI is InChI=1S/C13H18N2O2/c16-11-6-4-10(5-7-11)15-9-13(17)12-3-1-2-8-14-12/h1-3,8,10-11,15-16H,4-7,9H2. The highest BCUT2D eigenvalue weighted by Crippen LogP contribution is 2.18. The van der Waals surface area contributed by atoms with Crippen LogP contribution in [0.5, 0.6) is 0 Å². The molecule has 1 aromatic rings. The van der Waals surface area contributed by atoms with Crippen molar-refractivity contribution >= 4 is 5.78 Å². The van der Waals surface area contributed by atoms with Crippen LogP contribution in [0, 0.1) is 0 Å². The Hall–Kier alpha value is -1.26. The average molecular weight is 234 g/mol. The maximum Gasteiger partial charge on any atom is 0.194 e. The summed E-state index contributed by atoms with van der Waals surface area (Å²) in [6.07, 6.45) is 5.02. The molecule has 1 fully saturated rings. The van der Waals surface area contributed by atoms with Crippen LogP contribution in [0.2, 0.25) is 0 Å². The molecule has 0 aliphatic heterocycles. The van der Waals surface area contributed by atoms with Gasteiger partial charge < -0.3 is 10.4 Å². The molecule has 1 saturated carbocycles. The van der Waals surface area contributed by atoms with Gasteiger partial charge >= 0.3 is 0 Å². The maximum absolute atomic E-state index is 11.8. The Morgan fingerprint density at radius 3 is 2.76 bits per heavy atom. The normalized spacial score (nSPS) is 24.5. The molecule has 1 aromatic heterocycles. The molecule has 0 unspecified atom stereocenters. The van der Waals surface area contributed by atoms with Gasteiger partial charge in [0.1, 0.15) is 5.69 Å². The Bertz CT molecular complexity index is 359. The molecule has 0 radical (unpaired) electrons. The molecule has 1 heterocycles. The van der Waals surface area contributed by atoms with Crippen LogP contribution in [0.1, 0.15) is 36.2 Å². The Balaban J connectivity index is 1.77. The van der Waals surface area contributed by atoms with E-state index in [4.69, 9.17) is 0 Å². The van der Waals surface area contributed by atoms with Gasteiger partial charge in [0.05, 0.1) is 12.6 Å². The first kappa shape index (κ1) is 12.2. The predicted molar refractivity (Wildman–Crippen MR) is 64.8 cm³/mol. The van der Waals surface area contributed by atoms with Crippen molar-refractivity contribution in [3.63, 3.8) is 0 Å². The highest BCUT2D eigenvalue weighted by molar-refractivity contribution is 5.95. The van der Waals surface area contributed by atoms with Gasteiger partial charge in [-0.25, -0.2) is 0 Å². The van der Waals surface area contributed by atoms with E-state index >= 15 is 0 Å². The number of ketones is 1. The van der Waals surface area contributed by atoms with Gasteiger partial charge in [0.15, 0.2) is 5.78 Å². The molecule has 0 amide bonds. The summed E-state index contributed by atoms with van der Waals surface area (Å²) in [5.41, 5.74) is 0.510. The molecule has 0 aromatic carbocycles. The van der Waals surface area contributed by atoms with Gasteiger partial charge in [0.25, 0.3) is 0 Å². The predicted octanol–water partition coefficient (Wildman–Crippen LogP) is 1.16. The number of rotatable bonds is 4. The molecule has 4 nitrogen and oxygen atoms in total. The van der Waals surface area contributed by atoms with E-state index in [1.165, 1.54) is 0 Å². The number of hydrogen-bond acceptors (Lipinski definition) is 4. The summed E-state index contributed by atoms with van der Waals surface area (Å²) >= 11 is 0. The van der Waals surface area contributed by atoms with Gasteiger partial charge in [-0.15, -0.1) is 0 Å². The van der Waals surface area contributed by atoms with E-state index in [2.05, 4.69) is 10.3 Å². The largest absolute Gasteiger partial charge is 0.393 e. The Morgan fingerprint density at radius 2 is 2.12 bits per heavy atom. The molecule has 4 heteroatoms. The van der Waals surface area contributed by atoms with E-state index in [0.717, 1.165) is 25.7 Å². The summed E-state index contributed by atoms with van der Waals surface area (Å²) < 4.78 is 0. The minimum atomic E-state index is -0.153. The van der Waals surface area contributed by atoms with Crippen molar-refractivity contribution in [2.45, 2.75) is 37.8 Å². The van der Waals surface area contributed by atoms with Crippen LogP contribution in [0.4, 0.5) is 0 Å². The number of nitrogens with zero attached hydrogens (tertiary/aromatic N) is 1. The molecule has 1 aliphatic rings. The van der Waals surface area contributed by atoms with E-state index in [1.807, 2.05) is 6.07 Å². The Kier molecular flexibility index (Phi) is 4.23. The van der Waals surface area contributed by atoms with E-state index in [0.29, 0.717) is 18.3 Å². The molecule has 0 saturated heterocycles. The van der Waals surface area contributed by atoms with Crippen molar-refractivity contribution < 1.29 is 9.90 Å². The van der Waals surface area contributed by atoms with Crippen LogP contribution >= 0.6 is 0 Å². The van der Waals surface area contributed by atoms with Crippen molar-refractivity contribution in [2.75, 3.05) is 6.54 Å². The topological polar surface area (TPSA) is 62.2 Å². The Morgan fingerprint density at radius 1 is 1.35 bits per heavy atom. The van der Waals surface area contributed by atoms with Crippen molar-refractivity contribution in [3.05, 3.63) is 30.1 Å². The van der Waals surface area contributed by atoms with Crippen LogP contribution in [0.15, 0.2) is 24.4 Å². The molecule has 0 atom stereocenters. The summed E-state index contributed by atoms with van der Waals surface area (Å²) in [5.74, 6) is 0.0247. The average Bonchev–Trinajstić information content (AvgIpc) is 2.39. The second-order valence-electron chi connectivity index (χ2n) is 4.52. The van der Waals surface area contributed by atoms with Gasteiger partial charge in [-0.3, -0.25) is 9.78 Å². The first-order chi connectivity index (χ1) is 8.25. The zero-order valence-electron chi connectivity index (χ0n) is 9.80. The second kappa shape index (κ2) is 5.89. The zero-order chi connectivity index (χ0) is 12.1. The summed E-state index contributed by atoms with van der Waals surface area (Å²) in [6, 6.07) is 5.70. The van der Waals surface area contributed by atoms with E-state index in [1.54, 1.807) is 18.3 Å². The number of carbonyl (C=O) groups excluding carboxylic acids is 1. The molecule has 17 heavy (non-hydrogen) atoms. The van der Waals surface area contributed by atoms with E-state index in [9.17, 15) is 9.90 Å². The monoisotopic (exact) mass is 234 g/mol. The fourth-order valence-electron chi connectivity index (χ4n) is 2.14. The number of aromatic nitrogens is 1. The lowest BCUT2D eigenvalue weighted by Gasteiger charge is -2.25. The third-order valence-electron chi connectivity index (χ3n) is 3.20. The third kappa shape index (κ3) is 3.61. The van der Waals surface area contributed by atoms with Crippen LogP contribution in [-0.4, -0.2) is 34.6 Å². The van der Waals surface area contributed by atoms with Crippen LogP contribution in [-0.2, 0) is 0 Å². The highest BCUT2D eigenvalue weighted by Gasteiger charge is 2.19. The summed E-state index contributed by atoms with van der Waals surface area (Å²) in [5, 5.41) is 12.6. The van der Waals surface area contributed by atoms with Gasteiger partial charge in [0.2, 0.25) is 0 Å². The van der Waals surface area contributed by atoms with Crippen molar-refractivity contribution in [1.29, 1.82) is 0 Å². The quantitative estimate of drug-likeness (QED) is 0.767. The lowest BCUT2D eigenvalue weighted by Crippen LogP contribution is -2.37. The molecule has 2 N–H and O–H groups in total. The molecule has 2 rings (SSSR count).